The van der Waals surface area contributed by atoms with Gasteiger partial charge in [-0.3, -0.25) is 0 Å². The van der Waals surface area contributed by atoms with Crippen molar-refractivity contribution < 1.29 is 29.9 Å². The van der Waals surface area contributed by atoms with Gasteiger partial charge in [-0.1, -0.05) is 71.1 Å². The Morgan fingerprint density at radius 2 is 1.24 bits per heavy atom. The summed E-state index contributed by atoms with van der Waals surface area (Å²) in [5.41, 5.74) is 0. The zero-order chi connectivity index (χ0) is 18.5. The molecule has 0 aliphatic carbocycles. The van der Waals surface area contributed by atoms with Crippen molar-refractivity contribution in [3.8, 4) is 0 Å². The van der Waals surface area contributed by atoms with Crippen LogP contribution in [0, 0.1) is 0 Å². The predicted molar refractivity (Wildman–Crippen MR) is 96.2 cm³/mol. The SMILES string of the molecule is CCCCCCCCCCCCCO[C@@H]1O[C@H](CO)[C@@H](O)[C@H](O)[C@H]1O. The van der Waals surface area contributed by atoms with E-state index in [2.05, 4.69) is 6.92 Å². The molecule has 6 heteroatoms. The molecule has 1 heterocycles. The number of hydrogen-bond donors (Lipinski definition) is 4. The molecule has 1 fully saturated rings. The summed E-state index contributed by atoms with van der Waals surface area (Å²) in [7, 11) is 0. The summed E-state index contributed by atoms with van der Waals surface area (Å²) in [6.45, 7) is 2.24. The average molecular weight is 363 g/mol. The maximum absolute atomic E-state index is 9.86. The summed E-state index contributed by atoms with van der Waals surface area (Å²) in [5.74, 6) is 0. The second-order valence-electron chi connectivity index (χ2n) is 7.10. The van der Waals surface area contributed by atoms with Gasteiger partial charge < -0.3 is 29.9 Å². The lowest BCUT2D eigenvalue weighted by Crippen LogP contribution is -2.59. The van der Waals surface area contributed by atoms with E-state index in [1.807, 2.05) is 0 Å². The Hall–Kier alpha value is -0.240. The molecule has 0 aromatic heterocycles. The van der Waals surface area contributed by atoms with Crippen LogP contribution < -0.4 is 0 Å². The van der Waals surface area contributed by atoms with E-state index in [1.54, 1.807) is 0 Å². The van der Waals surface area contributed by atoms with E-state index in [0.29, 0.717) is 6.61 Å². The molecule has 0 aromatic carbocycles. The first-order chi connectivity index (χ1) is 12.1. The molecule has 0 radical (unpaired) electrons. The van der Waals surface area contributed by atoms with Gasteiger partial charge in [0.25, 0.3) is 0 Å². The van der Waals surface area contributed by atoms with E-state index >= 15 is 0 Å². The van der Waals surface area contributed by atoms with Crippen molar-refractivity contribution in [2.24, 2.45) is 0 Å². The molecule has 0 aromatic rings. The van der Waals surface area contributed by atoms with E-state index in [0.717, 1.165) is 12.8 Å². The smallest absolute Gasteiger partial charge is 0.186 e. The zero-order valence-electron chi connectivity index (χ0n) is 15.7. The molecular formula is C19H38O6. The van der Waals surface area contributed by atoms with Crippen LogP contribution in [-0.4, -0.2) is 64.3 Å². The fourth-order valence-corrected chi connectivity index (χ4v) is 3.17. The molecule has 6 nitrogen and oxygen atoms in total. The highest BCUT2D eigenvalue weighted by Gasteiger charge is 2.43. The van der Waals surface area contributed by atoms with Crippen molar-refractivity contribution in [3.05, 3.63) is 0 Å². The van der Waals surface area contributed by atoms with Gasteiger partial charge in [-0.25, -0.2) is 0 Å². The third-order valence-corrected chi connectivity index (χ3v) is 4.88. The van der Waals surface area contributed by atoms with Gasteiger partial charge in [-0.05, 0) is 6.42 Å². The van der Waals surface area contributed by atoms with E-state index < -0.39 is 37.3 Å². The largest absolute Gasteiger partial charge is 0.394 e. The summed E-state index contributed by atoms with van der Waals surface area (Å²) >= 11 is 0. The first-order valence-corrected chi connectivity index (χ1v) is 10.0. The highest BCUT2D eigenvalue weighted by molar-refractivity contribution is 4.88. The Morgan fingerprint density at radius 3 is 1.76 bits per heavy atom. The van der Waals surface area contributed by atoms with Crippen LogP contribution in [0.4, 0.5) is 0 Å². The number of aliphatic hydroxyl groups excluding tert-OH is 4. The Kier molecular flexibility index (Phi) is 12.7. The lowest BCUT2D eigenvalue weighted by Gasteiger charge is -2.39. The second-order valence-corrected chi connectivity index (χ2v) is 7.10. The van der Waals surface area contributed by atoms with Crippen LogP contribution in [0.3, 0.4) is 0 Å². The molecule has 1 aliphatic heterocycles. The van der Waals surface area contributed by atoms with Crippen LogP contribution in [0.25, 0.3) is 0 Å². The molecule has 0 spiro atoms. The predicted octanol–water partition coefficient (Wildman–Crippen LogP) is 2.11. The first kappa shape index (κ1) is 22.8. The molecule has 25 heavy (non-hydrogen) atoms. The highest BCUT2D eigenvalue weighted by Crippen LogP contribution is 2.22. The fourth-order valence-electron chi connectivity index (χ4n) is 3.17. The molecule has 1 rings (SSSR count). The van der Waals surface area contributed by atoms with Crippen molar-refractivity contribution in [2.75, 3.05) is 13.2 Å². The van der Waals surface area contributed by atoms with Crippen molar-refractivity contribution in [3.63, 3.8) is 0 Å². The van der Waals surface area contributed by atoms with Gasteiger partial charge in [0.15, 0.2) is 6.29 Å². The van der Waals surface area contributed by atoms with Gasteiger partial charge in [0.05, 0.1) is 6.61 Å². The summed E-state index contributed by atoms with van der Waals surface area (Å²) in [6, 6.07) is 0. The summed E-state index contributed by atoms with van der Waals surface area (Å²) in [5, 5.41) is 38.4. The van der Waals surface area contributed by atoms with Crippen molar-refractivity contribution in [1.29, 1.82) is 0 Å². The van der Waals surface area contributed by atoms with Crippen molar-refractivity contribution >= 4 is 0 Å². The summed E-state index contributed by atoms with van der Waals surface area (Å²) in [6.07, 6.45) is 7.79. The van der Waals surface area contributed by atoms with Gasteiger partial charge in [0.1, 0.15) is 24.4 Å². The lowest BCUT2D eigenvalue weighted by atomic mass is 9.99. The van der Waals surface area contributed by atoms with Gasteiger partial charge in [0, 0.05) is 6.61 Å². The molecule has 0 amide bonds. The van der Waals surface area contributed by atoms with E-state index in [-0.39, 0.29) is 0 Å². The molecule has 0 saturated carbocycles. The van der Waals surface area contributed by atoms with Crippen LogP contribution in [0.5, 0.6) is 0 Å². The Labute approximate surface area is 152 Å². The van der Waals surface area contributed by atoms with Gasteiger partial charge in [-0.2, -0.15) is 0 Å². The van der Waals surface area contributed by atoms with Gasteiger partial charge >= 0.3 is 0 Å². The van der Waals surface area contributed by atoms with Crippen LogP contribution in [-0.2, 0) is 9.47 Å². The van der Waals surface area contributed by atoms with Crippen molar-refractivity contribution in [1.82, 2.24) is 0 Å². The van der Waals surface area contributed by atoms with Gasteiger partial charge in [0.2, 0.25) is 0 Å². The number of ether oxygens (including phenoxy) is 2. The first-order valence-electron chi connectivity index (χ1n) is 10.0. The molecule has 5 atom stereocenters. The maximum atomic E-state index is 9.86. The van der Waals surface area contributed by atoms with Crippen LogP contribution >= 0.6 is 0 Å². The molecule has 1 aliphatic rings. The third-order valence-electron chi connectivity index (χ3n) is 4.88. The Balaban J connectivity index is 1.99. The van der Waals surface area contributed by atoms with Crippen molar-refractivity contribution in [2.45, 2.75) is 108 Å². The Bertz CT molecular complexity index is 312. The molecule has 0 bridgehead atoms. The Morgan fingerprint density at radius 1 is 0.720 bits per heavy atom. The minimum atomic E-state index is -1.37. The number of hydrogen-bond acceptors (Lipinski definition) is 6. The number of unbranched alkanes of at least 4 members (excludes halogenated alkanes) is 10. The average Bonchev–Trinajstić information content (AvgIpc) is 2.62. The lowest BCUT2D eigenvalue weighted by molar-refractivity contribution is -0.301. The summed E-state index contributed by atoms with van der Waals surface area (Å²) in [4.78, 5) is 0. The molecule has 0 unspecified atom stereocenters. The van der Waals surface area contributed by atoms with E-state index in [1.165, 1.54) is 57.8 Å². The van der Waals surface area contributed by atoms with Crippen LogP contribution in [0.15, 0.2) is 0 Å². The second kappa shape index (κ2) is 13.9. The molecule has 4 N–H and O–H groups in total. The quantitative estimate of drug-likeness (QED) is 0.353. The highest BCUT2D eigenvalue weighted by atomic mass is 16.7. The monoisotopic (exact) mass is 362 g/mol. The minimum Gasteiger partial charge on any atom is -0.394 e. The summed E-state index contributed by atoms with van der Waals surface area (Å²) < 4.78 is 10.8. The topological polar surface area (TPSA) is 99.4 Å². The molecule has 1 saturated heterocycles. The zero-order valence-corrected chi connectivity index (χ0v) is 15.7. The molecule has 150 valence electrons. The third kappa shape index (κ3) is 8.80. The van der Waals surface area contributed by atoms with E-state index in [4.69, 9.17) is 14.6 Å². The fraction of sp³-hybridized carbons (Fsp3) is 1.00. The van der Waals surface area contributed by atoms with E-state index in [9.17, 15) is 15.3 Å². The number of aliphatic hydroxyl groups is 4. The standard InChI is InChI=1S/C19H38O6/c1-2-3-4-5-6-7-8-9-10-11-12-13-24-19-18(23)17(22)16(21)15(14-20)25-19/h15-23H,2-14H2,1H3/t15-,16-,17+,18-,19-/m1/s1. The van der Waals surface area contributed by atoms with Crippen LogP contribution in [0.2, 0.25) is 0 Å². The minimum absolute atomic E-state index is 0.427. The maximum Gasteiger partial charge on any atom is 0.186 e. The van der Waals surface area contributed by atoms with Gasteiger partial charge in [-0.15, -0.1) is 0 Å². The van der Waals surface area contributed by atoms with Crippen LogP contribution in [0.1, 0.15) is 77.6 Å². The number of rotatable bonds is 14. The molecular weight excluding hydrogens is 324 g/mol. The normalized spacial score (nSPS) is 29.9.